The van der Waals surface area contributed by atoms with Crippen LogP contribution in [0.3, 0.4) is 0 Å². The largest absolute Gasteiger partial charge is 0.309 e. The van der Waals surface area contributed by atoms with Gasteiger partial charge in [-0.15, -0.1) is 0 Å². The van der Waals surface area contributed by atoms with Crippen molar-refractivity contribution >= 4 is 20.2 Å². The summed E-state index contributed by atoms with van der Waals surface area (Å²) in [5, 5.41) is 0. The van der Waals surface area contributed by atoms with E-state index in [0.29, 0.717) is 12.5 Å². The van der Waals surface area contributed by atoms with E-state index in [1.165, 1.54) is 38.8 Å². The molecule has 0 radical (unpaired) electrons. The lowest BCUT2D eigenvalue weighted by atomic mass is 10.2. The molecule has 8 nitrogen and oxygen atoms in total. The molecule has 0 aromatic rings. The van der Waals surface area contributed by atoms with Crippen LogP contribution in [0, 0.1) is 0 Å². The van der Waals surface area contributed by atoms with Gasteiger partial charge in [-0.1, -0.05) is 12.8 Å². The van der Waals surface area contributed by atoms with Crippen molar-refractivity contribution in [3.05, 3.63) is 0 Å². The molecule has 0 saturated heterocycles. The van der Waals surface area contributed by atoms with Crippen LogP contribution in [0.5, 0.6) is 0 Å². The maximum absolute atomic E-state index is 9.19. The molecule has 0 rings (SSSR count). The highest BCUT2D eigenvalue weighted by Crippen LogP contribution is 2.00. The molecule has 0 amide bonds. The van der Waals surface area contributed by atoms with Gasteiger partial charge < -0.3 is 9.80 Å². The van der Waals surface area contributed by atoms with Gasteiger partial charge in [-0.3, -0.25) is 9.11 Å². The van der Waals surface area contributed by atoms with E-state index in [0.717, 1.165) is 0 Å². The molecular formula is C12H32N2O6S2. The van der Waals surface area contributed by atoms with Gasteiger partial charge in [0, 0.05) is 0 Å². The van der Waals surface area contributed by atoms with Gasteiger partial charge in [-0.25, -0.2) is 0 Å². The number of hydrogen-bond donors (Lipinski definition) is 2. The number of rotatable bonds is 7. The Balaban J connectivity index is -0.000000298. The van der Waals surface area contributed by atoms with Gasteiger partial charge in [-0.05, 0) is 54.1 Å². The molecule has 0 atom stereocenters. The summed E-state index contributed by atoms with van der Waals surface area (Å²) in [6, 6.07) is 0. The number of hydrogen-bond acceptors (Lipinski definition) is 6. The van der Waals surface area contributed by atoms with E-state index in [9.17, 15) is 16.8 Å². The van der Waals surface area contributed by atoms with E-state index in [-0.39, 0.29) is 0 Å². The lowest BCUT2D eigenvalue weighted by Gasteiger charge is -2.10. The van der Waals surface area contributed by atoms with E-state index in [2.05, 4.69) is 38.0 Å². The van der Waals surface area contributed by atoms with Crippen molar-refractivity contribution in [2.45, 2.75) is 25.7 Å². The quantitative estimate of drug-likeness (QED) is 0.500. The fraction of sp³-hybridized carbons (Fsp3) is 1.00. The summed E-state index contributed by atoms with van der Waals surface area (Å²) in [7, 11) is 1.22. The minimum absolute atomic E-state index is 0.715. The molecule has 0 aliphatic heterocycles. The molecule has 0 spiro atoms. The summed E-state index contributed by atoms with van der Waals surface area (Å²) in [6.07, 6.45) is 6.89. The summed E-state index contributed by atoms with van der Waals surface area (Å²) in [4.78, 5) is 4.51. The maximum atomic E-state index is 9.19. The van der Waals surface area contributed by atoms with E-state index < -0.39 is 20.2 Å². The number of unbranched alkanes of at least 4 members (excludes halogenated alkanes) is 3. The third-order valence-corrected chi connectivity index (χ3v) is 1.96. The molecule has 0 aliphatic rings. The molecule has 0 unspecified atom stereocenters. The van der Waals surface area contributed by atoms with E-state index >= 15 is 0 Å². The molecule has 2 N–H and O–H groups in total. The smallest absolute Gasteiger partial charge is 0.261 e. The highest BCUT2D eigenvalue weighted by atomic mass is 32.2. The molecule has 0 saturated carbocycles. The maximum Gasteiger partial charge on any atom is 0.261 e. The van der Waals surface area contributed by atoms with Crippen molar-refractivity contribution in [1.29, 1.82) is 0 Å². The van der Waals surface area contributed by atoms with Gasteiger partial charge in [-0.2, -0.15) is 16.8 Å². The molecule has 0 fully saturated rings. The SMILES string of the molecule is CN(C)CCCCCCN(C)C.CS(=O)(=O)O.CS(=O)(=O)O. The molecule has 0 heterocycles. The molecule has 0 aromatic carbocycles. The van der Waals surface area contributed by atoms with E-state index in [4.69, 9.17) is 9.11 Å². The minimum atomic E-state index is -3.67. The lowest BCUT2D eigenvalue weighted by Crippen LogP contribution is -2.14. The average molecular weight is 365 g/mol. The van der Waals surface area contributed by atoms with Gasteiger partial charge in [0.1, 0.15) is 0 Å². The van der Waals surface area contributed by atoms with Crippen molar-refractivity contribution < 1.29 is 25.9 Å². The van der Waals surface area contributed by atoms with E-state index in [1.54, 1.807) is 0 Å². The van der Waals surface area contributed by atoms with Crippen LogP contribution >= 0.6 is 0 Å². The molecule has 10 heteroatoms. The molecule has 0 aromatic heterocycles. The summed E-state index contributed by atoms with van der Waals surface area (Å²) in [5.41, 5.74) is 0. The van der Waals surface area contributed by atoms with Gasteiger partial charge in [0.05, 0.1) is 12.5 Å². The zero-order chi connectivity index (χ0) is 18.4. The normalized spacial score (nSPS) is 11.5. The lowest BCUT2D eigenvalue weighted by molar-refractivity contribution is 0.370. The molecule has 138 valence electrons. The Hall–Kier alpha value is -0.260. The van der Waals surface area contributed by atoms with Crippen molar-refractivity contribution in [2.24, 2.45) is 0 Å². The first-order chi connectivity index (χ1) is 9.63. The minimum Gasteiger partial charge on any atom is -0.309 e. The fourth-order valence-electron chi connectivity index (χ4n) is 1.21. The van der Waals surface area contributed by atoms with Gasteiger partial charge >= 0.3 is 0 Å². The van der Waals surface area contributed by atoms with Crippen LogP contribution in [0.4, 0.5) is 0 Å². The predicted molar refractivity (Wildman–Crippen MR) is 90.5 cm³/mol. The summed E-state index contributed by atoms with van der Waals surface area (Å²) in [5.74, 6) is 0. The first kappa shape index (κ1) is 26.6. The summed E-state index contributed by atoms with van der Waals surface area (Å²) in [6.45, 7) is 2.48. The van der Waals surface area contributed by atoms with Crippen LogP contribution in [0.25, 0.3) is 0 Å². The van der Waals surface area contributed by atoms with Crippen LogP contribution in [0.1, 0.15) is 25.7 Å². The average Bonchev–Trinajstić information content (AvgIpc) is 2.17. The Morgan fingerprint density at radius 1 is 0.636 bits per heavy atom. The summed E-state index contributed by atoms with van der Waals surface area (Å²) < 4.78 is 51.7. The highest BCUT2D eigenvalue weighted by Gasteiger charge is 1.93. The van der Waals surface area contributed by atoms with Gasteiger partial charge in [0.15, 0.2) is 0 Å². The van der Waals surface area contributed by atoms with Crippen molar-refractivity contribution in [3.63, 3.8) is 0 Å². The standard InChI is InChI=1S/C10H24N2.2CH4O3S/c1-11(2)9-7-5-6-8-10-12(3)4;2*1-5(2,3)4/h5-10H2,1-4H3;2*1H3,(H,2,3,4). The molecule has 0 aliphatic carbocycles. The molecule has 22 heavy (non-hydrogen) atoms. The molecular weight excluding hydrogens is 332 g/mol. The Kier molecular flexibility index (Phi) is 17.4. The summed E-state index contributed by atoms with van der Waals surface area (Å²) >= 11 is 0. The van der Waals surface area contributed by atoms with Crippen LogP contribution in [-0.4, -0.2) is 89.5 Å². The van der Waals surface area contributed by atoms with E-state index in [1.807, 2.05) is 0 Å². The Labute approximate surface area is 136 Å². The van der Waals surface area contributed by atoms with Crippen LogP contribution in [-0.2, 0) is 20.2 Å². The monoisotopic (exact) mass is 364 g/mol. The topological polar surface area (TPSA) is 115 Å². The third kappa shape index (κ3) is 90.8. The van der Waals surface area contributed by atoms with Crippen LogP contribution in [0.15, 0.2) is 0 Å². The Bertz CT molecular complexity index is 375. The first-order valence-corrected chi connectivity index (χ1v) is 10.5. The second-order valence-corrected chi connectivity index (χ2v) is 8.42. The van der Waals surface area contributed by atoms with Crippen LogP contribution < -0.4 is 0 Å². The Morgan fingerprint density at radius 3 is 0.955 bits per heavy atom. The molecule has 0 bridgehead atoms. The zero-order valence-electron chi connectivity index (χ0n) is 14.5. The Morgan fingerprint density at radius 2 is 0.818 bits per heavy atom. The number of nitrogens with zero attached hydrogens (tertiary/aromatic N) is 2. The first-order valence-electron chi connectivity index (χ1n) is 6.77. The van der Waals surface area contributed by atoms with Crippen LogP contribution in [0.2, 0.25) is 0 Å². The van der Waals surface area contributed by atoms with Gasteiger partial charge in [0.25, 0.3) is 20.2 Å². The fourth-order valence-corrected chi connectivity index (χ4v) is 1.21. The zero-order valence-corrected chi connectivity index (χ0v) is 16.1. The predicted octanol–water partition coefficient (Wildman–Crippen LogP) is 0.678. The third-order valence-electron chi connectivity index (χ3n) is 1.96. The van der Waals surface area contributed by atoms with Crippen molar-refractivity contribution in [1.82, 2.24) is 9.80 Å². The van der Waals surface area contributed by atoms with Crippen molar-refractivity contribution in [3.8, 4) is 0 Å². The highest BCUT2D eigenvalue weighted by molar-refractivity contribution is 7.85. The van der Waals surface area contributed by atoms with Crippen molar-refractivity contribution in [2.75, 3.05) is 53.8 Å². The van der Waals surface area contributed by atoms with Gasteiger partial charge in [0.2, 0.25) is 0 Å². The second kappa shape index (κ2) is 14.3. The second-order valence-electron chi connectivity index (χ2n) is 5.49.